The number of methoxy groups -OCH3 is 1. The summed E-state index contributed by atoms with van der Waals surface area (Å²) >= 11 is 0. The van der Waals surface area contributed by atoms with E-state index in [1.807, 2.05) is 0 Å². The highest BCUT2D eigenvalue weighted by Crippen LogP contribution is 2.24. The summed E-state index contributed by atoms with van der Waals surface area (Å²) in [4.78, 5) is 0. The summed E-state index contributed by atoms with van der Waals surface area (Å²) < 4.78 is 11.0. The molecule has 1 saturated heterocycles. The maximum absolute atomic E-state index is 5.73. The van der Waals surface area contributed by atoms with Crippen molar-refractivity contribution in [3.05, 3.63) is 0 Å². The smallest absolute Gasteiger partial charge is 0.0641 e. The molecule has 0 bridgehead atoms. The predicted molar refractivity (Wildman–Crippen MR) is 66.8 cm³/mol. The zero-order valence-corrected chi connectivity index (χ0v) is 11.2. The van der Waals surface area contributed by atoms with Crippen LogP contribution in [0.25, 0.3) is 0 Å². The van der Waals surface area contributed by atoms with Crippen LogP contribution in [0, 0.1) is 0 Å². The van der Waals surface area contributed by atoms with Gasteiger partial charge < -0.3 is 14.8 Å². The summed E-state index contributed by atoms with van der Waals surface area (Å²) in [5.41, 5.74) is 0.0275. The van der Waals surface area contributed by atoms with E-state index >= 15 is 0 Å². The van der Waals surface area contributed by atoms with Gasteiger partial charge in [0.25, 0.3) is 0 Å². The number of hydrogen-bond acceptors (Lipinski definition) is 3. The number of ether oxygens (including phenoxy) is 2. The van der Waals surface area contributed by atoms with E-state index in [1.54, 1.807) is 7.11 Å². The van der Waals surface area contributed by atoms with Gasteiger partial charge in [0.15, 0.2) is 0 Å². The minimum absolute atomic E-state index is 0.0275. The summed E-state index contributed by atoms with van der Waals surface area (Å²) in [5, 5.41) is 3.71. The van der Waals surface area contributed by atoms with E-state index in [0.717, 1.165) is 26.1 Å². The summed E-state index contributed by atoms with van der Waals surface area (Å²) in [7, 11) is 1.78. The molecule has 2 atom stereocenters. The third-order valence-corrected chi connectivity index (χ3v) is 3.17. The van der Waals surface area contributed by atoms with E-state index < -0.39 is 0 Å². The van der Waals surface area contributed by atoms with Gasteiger partial charge in [-0.1, -0.05) is 13.3 Å². The number of rotatable bonds is 6. The molecule has 0 aromatic heterocycles. The molecule has 0 amide bonds. The van der Waals surface area contributed by atoms with Gasteiger partial charge in [-0.25, -0.2) is 0 Å². The van der Waals surface area contributed by atoms with Crippen LogP contribution < -0.4 is 5.32 Å². The lowest BCUT2D eigenvalue weighted by atomic mass is 9.93. The SMILES string of the molecule is CCCC(COC)NC1CCOC(C)(C)C1. The Bertz CT molecular complexity index is 188. The first-order valence-electron chi connectivity index (χ1n) is 6.46. The molecule has 96 valence electrons. The maximum atomic E-state index is 5.73. The van der Waals surface area contributed by atoms with Gasteiger partial charge in [-0.2, -0.15) is 0 Å². The predicted octanol–water partition coefficient (Wildman–Crippen LogP) is 2.35. The quantitative estimate of drug-likeness (QED) is 0.758. The lowest BCUT2D eigenvalue weighted by Crippen LogP contribution is -2.48. The molecule has 16 heavy (non-hydrogen) atoms. The molecule has 1 fully saturated rings. The van der Waals surface area contributed by atoms with E-state index in [2.05, 4.69) is 26.1 Å². The van der Waals surface area contributed by atoms with Crippen LogP contribution in [-0.4, -0.2) is 38.0 Å². The third-order valence-electron chi connectivity index (χ3n) is 3.17. The van der Waals surface area contributed by atoms with Crippen molar-refractivity contribution in [2.75, 3.05) is 20.3 Å². The Morgan fingerprint density at radius 3 is 2.81 bits per heavy atom. The topological polar surface area (TPSA) is 30.5 Å². The standard InChI is InChI=1S/C13H27NO2/c1-5-6-12(10-15-4)14-11-7-8-16-13(2,3)9-11/h11-12,14H,5-10H2,1-4H3. The van der Waals surface area contributed by atoms with Gasteiger partial charge in [-0.15, -0.1) is 0 Å². The van der Waals surface area contributed by atoms with Gasteiger partial charge in [0, 0.05) is 25.8 Å². The number of nitrogens with one attached hydrogen (secondary N) is 1. The summed E-state index contributed by atoms with van der Waals surface area (Å²) in [6.07, 6.45) is 4.60. The highest BCUT2D eigenvalue weighted by Gasteiger charge is 2.29. The molecular formula is C13H27NO2. The van der Waals surface area contributed by atoms with Crippen LogP contribution in [0.5, 0.6) is 0 Å². The molecule has 3 nitrogen and oxygen atoms in total. The Kier molecular flexibility index (Phi) is 5.73. The largest absolute Gasteiger partial charge is 0.383 e. The molecule has 1 rings (SSSR count). The van der Waals surface area contributed by atoms with Gasteiger partial charge in [-0.3, -0.25) is 0 Å². The van der Waals surface area contributed by atoms with Crippen LogP contribution >= 0.6 is 0 Å². The van der Waals surface area contributed by atoms with Crippen LogP contribution in [0.3, 0.4) is 0 Å². The first-order valence-corrected chi connectivity index (χ1v) is 6.46. The molecular weight excluding hydrogens is 202 g/mol. The molecule has 0 saturated carbocycles. The summed E-state index contributed by atoms with van der Waals surface area (Å²) in [6.45, 7) is 8.25. The Labute approximate surface area is 99.9 Å². The second-order valence-electron chi connectivity index (χ2n) is 5.41. The lowest BCUT2D eigenvalue weighted by Gasteiger charge is -2.37. The first-order chi connectivity index (χ1) is 7.57. The summed E-state index contributed by atoms with van der Waals surface area (Å²) in [5.74, 6) is 0. The molecule has 0 aromatic rings. The van der Waals surface area contributed by atoms with E-state index in [-0.39, 0.29) is 5.60 Å². The van der Waals surface area contributed by atoms with E-state index in [4.69, 9.17) is 9.47 Å². The van der Waals surface area contributed by atoms with Crippen LogP contribution in [-0.2, 0) is 9.47 Å². The van der Waals surface area contributed by atoms with Gasteiger partial charge in [0.1, 0.15) is 0 Å². The van der Waals surface area contributed by atoms with Gasteiger partial charge in [-0.05, 0) is 33.1 Å². The highest BCUT2D eigenvalue weighted by molar-refractivity contribution is 4.85. The molecule has 0 aliphatic carbocycles. The van der Waals surface area contributed by atoms with Crippen LogP contribution in [0.1, 0.15) is 46.5 Å². The zero-order chi connectivity index (χ0) is 12.0. The molecule has 1 aliphatic heterocycles. The zero-order valence-electron chi connectivity index (χ0n) is 11.2. The lowest BCUT2D eigenvalue weighted by molar-refractivity contribution is -0.0652. The van der Waals surface area contributed by atoms with Crippen molar-refractivity contribution in [1.82, 2.24) is 5.32 Å². The summed E-state index contributed by atoms with van der Waals surface area (Å²) in [6, 6.07) is 1.07. The Morgan fingerprint density at radius 1 is 1.50 bits per heavy atom. The van der Waals surface area contributed by atoms with Crippen LogP contribution in [0.15, 0.2) is 0 Å². The maximum Gasteiger partial charge on any atom is 0.0641 e. The average molecular weight is 229 g/mol. The average Bonchev–Trinajstić information content (AvgIpc) is 2.16. The van der Waals surface area contributed by atoms with Crippen molar-refractivity contribution < 1.29 is 9.47 Å². The van der Waals surface area contributed by atoms with Crippen molar-refractivity contribution in [2.45, 2.75) is 64.1 Å². The Morgan fingerprint density at radius 2 is 2.25 bits per heavy atom. The van der Waals surface area contributed by atoms with Crippen LogP contribution in [0.2, 0.25) is 0 Å². The molecule has 0 radical (unpaired) electrons. The molecule has 0 aromatic carbocycles. The molecule has 0 spiro atoms. The van der Waals surface area contributed by atoms with Crippen LogP contribution in [0.4, 0.5) is 0 Å². The first kappa shape index (κ1) is 13.9. The third kappa shape index (κ3) is 4.81. The van der Waals surface area contributed by atoms with Crippen molar-refractivity contribution >= 4 is 0 Å². The molecule has 1 aliphatic rings. The minimum atomic E-state index is 0.0275. The van der Waals surface area contributed by atoms with E-state index in [1.165, 1.54) is 12.8 Å². The fraction of sp³-hybridized carbons (Fsp3) is 1.00. The molecule has 3 heteroatoms. The number of hydrogen-bond donors (Lipinski definition) is 1. The second kappa shape index (κ2) is 6.58. The second-order valence-corrected chi connectivity index (χ2v) is 5.41. The monoisotopic (exact) mass is 229 g/mol. The minimum Gasteiger partial charge on any atom is -0.383 e. The van der Waals surface area contributed by atoms with Gasteiger partial charge in [0.05, 0.1) is 12.2 Å². The van der Waals surface area contributed by atoms with Crippen molar-refractivity contribution in [1.29, 1.82) is 0 Å². The van der Waals surface area contributed by atoms with E-state index in [9.17, 15) is 0 Å². The van der Waals surface area contributed by atoms with E-state index in [0.29, 0.717) is 12.1 Å². The molecule has 2 unspecified atom stereocenters. The fourth-order valence-electron chi connectivity index (χ4n) is 2.47. The van der Waals surface area contributed by atoms with Gasteiger partial charge >= 0.3 is 0 Å². The van der Waals surface area contributed by atoms with Crippen molar-refractivity contribution in [2.24, 2.45) is 0 Å². The van der Waals surface area contributed by atoms with Crippen molar-refractivity contribution in [3.8, 4) is 0 Å². The van der Waals surface area contributed by atoms with Gasteiger partial charge in [0.2, 0.25) is 0 Å². The normalized spacial score (nSPS) is 26.6. The Balaban J connectivity index is 2.38. The Hall–Kier alpha value is -0.120. The fourth-order valence-corrected chi connectivity index (χ4v) is 2.47. The molecule has 1 N–H and O–H groups in total. The highest BCUT2D eigenvalue weighted by atomic mass is 16.5. The molecule has 1 heterocycles. The van der Waals surface area contributed by atoms with Crippen molar-refractivity contribution in [3.63, 3.8) is 0 Å².